The summed E-state index contributed by atoms with van der Waals surface area (Å²) in [6.45, 7) is 1.78. The van der Waals surface area contributed by atoms with Gasteiger partial charge in [-0.25, -0.2) is 14.4 Å². The zero-order valence-electron chi connectivity index (χ0n) is 19.6. The highest BCUT2D eigenvalue weighted by Crippen LogP contribution is 2.31. The van der Waals surface area contributed by atoms with E-state index in [0.717, 1.165) is 68.6 Å². The molecule has 1 aromatic carbocycles. The lowest BCUT2D eigenvalue weighted by atomic mass is 9.85. The number of carboxylic acids is 1. The predicted molar refractivity (Wildman–Crippen MR) is 129 cm³/mol. The number of carboxylic acid groups (broad SMARTS) is 1. The number of H-pyrrole nitrogens is 1. The third kappa shape index (κ3) is 5.85. The quantitative estimate of drug-likeness (QED) is 0.506. The molecule has 1 saturated heterocycles. The average molecular weight is 480 g/mol. The average Bonchev–Trinajstić information content (AvgIpc) is 3.36. The zero-order valence-corrected chi connectivity index (χ0v) is 19.6. The number of aromatic amines is 1. The summed E-state index contributed by atoms with van der Waals surface area (Å²) in [7, 11) is 0. The summed E-state index contributed by atoms with van der Waals surface area (Å²) in [4.78, 5) is 22.3. The van der Waals surface area contributed by atoms with Crippen molar-refractivity contribution >= 4 is 11.8 Å². The van der Waals surface area contributed by atoms with Gasteiger partial charge in [-0.15, -0.1) is 0 Å². The van der Waals surface area contributed by atoms with Gasteiger partial charge in [-0.05, 0) is 80.8 Å². The highest BCUT2D eigenvalue weighted by Gasteiger charge is 2.28. The van der Waals surface area contributed by atoms with Crippen molar-refractivity contribution in [3.8, 4) is 22.8 Å². The molecule has 2 aromatic heterocycles. The maximum absolute atomic E-state index is 13.2. The van der Waals surface area contributed by atoms with Crippen molar-refractivity contribution in [2.75, 3.05) is 18.0 Å². The van der Waals surface area contributed by atoms with Crippen molar-refractivity contribution in [3.05, 3.63) is 48.4 Å². The van der Waals surface area contributed by atoms with E-state index in [9.17, 15) is 9.18 Å². The number of halogens is 1. The Morgan fingerprint density at radius 1 is 1.00 bits per heavy atom. The number of nitrogens with one attached hydrogen (secondary N) is 1. The lowest BCUT2D eigenvalue weighted by Gasteiger charge is -2.36. The second-order valence-electron chi connectivity index (χ2n) is 9.48. The number of aliphatic carboxylic acids is 1. The van der Waals surface area contributed by atoms with Crippen LogP contribution in [0.5, 0.6) is 0 Å². The van der Waals surface area contributed by atoms with E-state index in [1.165, 1.54) is 12.1 Å². The number of ether oxygens (including phenoxy) is 1. The molecular weight excluding hydrogens is 449 g/mol. The molecule has 2 aliphatic rings. The monoisotopic (exact) mass is 479 g/mol. The molecule has 0 spiro atoms. The van der Waals surface area contributed by atoms with Crippen LogP contribution in [0.3, 0.4) is 0 Å². The molecule has 1 aliphatic carbocycles. The Labute approximate surface area is 203 Å². The Balaban J connectivity index is 1.11. The summed E-state index contributed by atoms with van der Waals surface area (Å²) in [6, 6.07) is 10.1. The minimum atomic E-state index is -0.696. The number of nitrogens with zero attached hydrogens (tertiary/aromatic N) is 4. The molecule has 184 valence electrons. The van der Waals surface area contributed by atoms with Gasteiger partial charge in [0.05, 0.1) is 12.2 Å². The maximum Gasteiger partial charge on any atom is 0.303 e. The molecule has 35 heavy (non-hydrogen) atoms. The van der Waals surface area contributed by atoms with Gasteiger partial charge in [-0.3, -0.25) is 9.89 Å². The minimum Gasteiger partial charge on any atom is -0.481 e. The number of hydrogen-bond donors (Lipinski definition) is 2. The van der Waals surface area contributed by atoms with Gasteiger partial charge in [-0.2, -0.15) is 5.10 Å². The second-order valence-corrected chi connectivity index (χ2v) is 9.48. The Morgan fingerprint density at radius 2 is 1.69 bits per heavy atom. The fraction of sp³-hybridized carbons (Fsp3) is 0.462. The van der Waals surface area contributed by atoms with Crippen LogP contribution in [0.1, 0.15) is 44.9 Å². The molecule has 3 aromatic rings. The van der Waals surface area contributed by atoms with E-state index < -0.39 is 5.97 Å². The predicted octanol–water partition coefficient (Wildman–Crippen LogP) is 4.69. The van der Waals surface area contributed by atoms with Crippen LogP contribution in [0, 0.1) is 11.7 Å². The molecule has 1 aliphatic heterocycles. The van der Waals surface area contributed by atoms with E-state index in [2.05, 4.69) is 25.1 Å². The number of piperidine rings is 1. The summed E-state index contributed by atoms with van der Waals surface area (Å²) in [5.74, 6) is 1.38. The lowest BCUT2D eigenvalue weighted by molar-refractivity contribution is -0.138. The zero-order chi connectivity index (χ0) is 24.2. The smallest absolute Gasteiger partial charge is 0.303 e. The molecule has 3 heterocycles. The summed E-state index contributed by atoms with van der Waals surface area (Å²) < 4.78 is 19.5. The molecule has 0 unspecified atom stereocenters. The first-order valence-electron chi connectivity index (χ1n) is 12.3. The van der Waals surface area contributed by atoms with E-state index in [-0.39, 0.29) is 24.4 Å². The number of hydrogen-bond acceptors (Lipinski definition) is 6. The summed E-state index contributed by atoms with van der Waals surface area (Å²) >= 11 is 0. The van der Waals surface area contributed by atoms with Crippen LogP contribution in [-0.2, 0) is 9.53 Å². The highest BCUT2D eigenvalue weighted by atomic mass is 19.1. The van der Waals surface area contributed by atoms with Crippen LogP contribution in [0.25, 0.3) is 22.8 Å². The number of aromatic nitrogens is 4. The minimum absolute atomic E-state index is 0.254. The molecule has 9 heteroatoms. The van der Waals surface area contributed by atoms with Gasteiger partial charge in [0.25, 0.3) is 0 Å². The number of anilines is 1. The van der Waals surface area contributed by atoms with Gasteiger partial charge < -0.3 is 14.7 Å². The molecule has 2 fully saturated rings. The molecule has 5 rings (SSSR count). The highest BCUT2D eigenvalue weighted by molar-refractivity contribution is 5.67. The number of carbonyl (C=O) groups is 1. The number of benzene rings is 1. The van der Waals surface area contributed by atoms with Crippen molar-refractivity contribution in [2.45, 2.75) is 57.2 Å². The SMILES string of the molecule is O=C(O)CC1CCC(OC2CCN(c3ccc(-c4n[nH]c(-c5ccc(F)cc5)n4)cn3)CC2)CC1. The molecule has 0 radical (unpaired) electrons. The Kier molecular flexibility index (Phi) is 7.03. The lowest BCUT2D eigenvalue weighted by Crippen LogP contribution is -2.39. The van der Waals surface area contributed by atoms with Crippen LogP contribution < -0.4 is 4.90 Å². The Bertz CT molecular complexity index is 1120. The van der Waals surface area contributed by atoms with Crippen molar-refractivity contribution in [2.24, 2.45) is 5.92 Å². The van der Waals surface area contributed by atoms with E-state index in [1.54, 1.807) is 18.3 Å². The van der Waals surface area contributed by atoms with E-state index >= 15 is 0 Å². The first-order valence-corrected chi connectivity index (χ1v) is 12.3. The molecule has 2 N–H and O–H groups in total. The van der Waals surface area contributed by atoms with Gasteiger partial charge in [0.1, 0.15) is 11.6 Å². The number of pyridine rings is 1. The molecular formula is C26H30FN5O3. The van der Waals surface area contributed by atoms with E-state index in [4.69, 9.17) is 9.84 Å². The summed E-state index contributed by atoms with van der Waals surface area (Å²) in [5.41, 5.74) is 1.59. The molecule has 0 amide bonds. The van der Waals surface area contributed by atoms with Crippen LogP contribution in [-0.4, -0.2) is 56.5 Å². The van der Waals surface area contributed by atoms with Crippen molar-refractivity contribution < 1.29 is 19.0 Å². The van der Waals surface area contributed by atoms with Crippen LogP contribution in [0.4, 0.5) is 10.2 Å². The van der Waals surface area contributed by atoms with Gasteiger partial charge in [0.2, 0.25) is 0 Å². The van der Waals surface area contributed by atoms with Gasteiger partial charge >= 0.3 is 5.97 Å². The summed E-state index contributed by atoms with van der Waals surface area (Å²) in [5, 5.41) is 16.2. The van der Waals surface area contributed by atoms with Gasteiger partial charge in [0, 0.05) is 36.8 Å². The molecule has 8 nitrogen and oxygen atoms in total. The molecule has 1 saturated carbocycles. The maximum atomic E-state index is 13.2. The van der Waals surface area contributed by atoms with E-state index in [0.29, 0.717) is 17.6 Å². The van der Waals surface area contributed by atoms with Crippen LogP contribution in [0.15, 0.2) is 42.6 Å². The standard InChI is InChI=1S/C26H30FN5O3/c27-20-6-3-18(4-7-20)25-29-26(31-30-25)19-5-10-23(28-16-19)32-13-11-22(12-14-32)35-21-8-1-17(2-9-21)15-24(33)34/h3-7,10,16-17,21-22H,1-2,8-9,11-15H2,(H,33,34)(H,29,30,31). The van der Waals surface area contributed by atoms with Crippen molar-refractivity contribution in [3.63, 3.8) is 0 Å². The van der Waals surface area contributed by atoms with E-state index in [1.807, 2.05) is 12.1 Å². The fourth-order valence-electron chi connectivity index (χ4n) is 5.05. The normalized spacial score (nSPS) is 21.2. The first kappa shape index (κ1) is 23.4. The van der Waals surface area contributed by atoms with Crippen LogP contribution in [0.2, 0.25) is 0 Å². The largest absolute Gasteiger partial charge is 0.481 e. The van der Waals surface area contributed by atoms with Crippen molar-refractivity contribution in [1.82, 2.24) is 20.2 Å². The first-order chi connectivity index (χ1) is 17.0. The van der Waals surface area contributed by atoms with Crippen LogP contribution >= 0.6 is 0 Å². The fourth-order valence-corrected chi connectivity index (χ4v) is 5.05. The summed E-state index contributed by atoms with van der Waals surface area (Å²) in [6.07, 6.45) is 8.32. The Morgan fingerprint density at radius 3 is 2.34 bits per heavy atom. The topological polar surface area (TPSA) is 104 Å². The molecule has 0 bridgehead atoms. The second kappa shape index (κ2) is 10.5. The van der Waals surface area contributed by atoms with Crippen molar-refractivity contribution in [1.29, 1.82) is 0 Å². The third-order valence-electron chi connectivity index (χ3n) is 7.02. The third-order valence-corrected chi connectivity index (χ3v) is 7.02. The number of rotatable bonds is 7. The van der Waals surface area contributed by atoms with Gasteiger partial charge in [0.15, 0.2) is 11.6 Å². The Hall–Kier alpha value is -3.33. The molecule has 0 atom stereocenters. The van der Waals surface area contributed by atoms with Gasteiger partial charge in [-0.1, -0.05) is 0 Å².